The first-order chi connectivity index (χ1) is 10.1. The van der Waals surface area contributed by atoms with Crippen molar-refractivity contribution < 1.29 is 14.7 Å². The lowest BCUT2D eigenvalue weighted by Gasteiger charge is -2.29. The van der Waals surface area contributed by atoms with Crippen LogP contribution in [0.4, 0.5) is 0 Å². The third-order valence-corrected chi connectivity index (χ3v) is 4.72. The molecule has 1 aliphatic carbocycles. The highest BCUT2D eigenvalue weighted by Gasteiger charge is 2.23. The first-order valence-corrected chi connectivity index (χ1v) is 8.40. The van der Waals surface area contributed by atoms with Crippen LogP contribution in [0.25, 0.3) is 0 Å². The highest BCUT2D eigenvalue weighted by molar-refractivity contribution is 6.35. The van der Waals surface area contributed by atoms with Gasteiger partial charge in [0.05, 0.1) is 18.1 Å². The van der Waals surface area contributed by atoms with Crippen molar-refractivity contribution in [1.82, 2.24) is 0 Å². The van der Waals surface area contributed by atoms with Crippen molar-refractivity contribution in [3.8, 4) is 5.75 Å². The zero-order valence-electron chi connectivity index (χ0n) is 12.4. The maximum atomic E-state index is 10.1. The van der Waals surface area contributed by atoms with Crippen LogP contribution in [-0.4, -0.2) is 37.5 Å². The van der Waals surface area contributed by atoms with E-state index in [2.05, 4.69) is 7.05 Å². The Morgan fingerprint density at radius 2 is 2.00 bits per heavy atom. The number of hydrogen-bond donors (Lipinski definition) is 2. The molecule has 1 aromatic carbocycles. The largest absolute Gasteiger partial charge is 0.489 e. The molecular formula is C16H24Cl2NO2+. The van der Waals surface area contributed by atoms with Gasteiger partial charge >= 0.3 is 0 Å². The summed E-state index contributed by atoms with van der Waals surface area (Å²) in [6, 6.07) is 5.78. The minimum Gasteiger partial charge on any atom is -0.489 e. The number of likely N-dealkylation sites (N-methyl/N-ethyl adjacent to an activating group) is 1. The molecule has 1 fully saturated rings. The van der Waals surface area contributed by atoms with Crippen molar-refractivity contribution in [1.29, 1.82) is 0 Å². The van der Waals surface area contributed by atoms with Gasteiger partial charge in [-0.15, -0.1) is 0 Å². The maximum absolute atomic E-state index is 10.1. The van der Waals surface area contributed by atoms with E-state index >= 15 is 0 Å². The lowest BCUT2D eigenvalue weighted by Crippen LogP contribution is -3.14. The fourth-order valence-corrected chi connectivity index (χ4v) is 3.43. The number of rotatable bonds is 6. The summed E-state index contributed by atoms with van der Waals surface area (Å²) < 4.78 is 5.59. The van der Waals surface area contributed by atoms with Gasteiger partial charge in [0.25, 0.3) is 0 Å². The average Bonchev–Trinajstić information content (AvgIpc) is 2.47. The van der Waals surface area contributed by atoms with Crippen LogP contribution in [0.3, 0.4) is 0 Å². The molecule has 0 radical (unpaired) electrons. The number of ether oxygens (including phenoxy) is 1. The fraction of sp³-hybridized carbons (Fsp3) is 0.625. The summed E-state index contributed by atoms with van der Waals surface area (Å²) in [5, 5.41) is 11.2. The lowest BCUT2D eigenvalue weighted by atomic mass is 9.94. The summed E-state index contributed by atoms with van der Waals surface area (Å²) in [5.74, 6) is 0.565. The second-order valence-electron chi connectivity index (χ2n) is 5.92. The lowest BCUT2D eigenvalue weighted by molar-refractivity contribution is -0.910. The number of hydrogen-bond acceptors (Lipinski definition) is 2. The second kappa shape index (κ2) is 8.23. The highest BCUT2D eigenvalue weighted by Crippen LogP contribution is 2.27. The Balaban J connectivity index is 1.77. The van der Waals surface area contributed by atoms with Crippen LogP contribution < -0.4 is 9.64 Å². The quantitative estimate of drug-likeness (QED) is 0.839. The minimum absolute atomic E-state index is 0.255. The average molecular weight is 333 g/mol. The molecule has 2 atom stereocenters. The molecule has 1 aliphatic rings. The standard InChI is InChI=1S/C16H23Cl2NO2/c1-19(13-5-3-2-4-6-13)10-14(20)11-21-16-8-7-12(17)9-15(16)18/h7-9,13-14,20H,2-6,10-11H2,1H3/p+1/t14-/m0/s1. The highest BCUT2D eigenvalue weighted by atomic mass is 35.5. The first kappa shape index (κ1) is 16.9. The van der Waals surface area contributed by atoms with E-state index in [-0.39, 0.29) is 6.61 Å². The molecule has 21 heavy (non-hydrogen) atoms. The molecular weight excluding hydrogens is 309 g/mol. The Bertz CT molecular complexity index is 450. The second-order valence-corrected chi connectivity index (χ2v) is 6.77. The number of quaternary nitrogens is 1. The van der Waals surface area contributed by atoms with Gasteiger partial charge in [-0.2, -0.15) is 0 Å². The van der Waals surface area contributed by atoms with Gasteiger partial charge in [0.1, 0.15) is 25.0 Å². The summed E-state index contributed by atoms with van der Waals surface area (Å²) in [4.78, 5) is 1.40. The van der Waals surface area contributed by atoms with Crippen molar-refractivity contribution >= 4 is 23.2 Å². The van der Waals surface area contributed by atoms with E-state index in [1.165, 1.54) is 37.0 Å². The molecule has 0 heterocycles. The van der Waals surface area contributed by atoms with E-state index in [0.717, 1.165) is 0 Å². The first-order valence-electron chi connectivity index (χ1n) is 7.64. The van der Waals surface area contributed by atoms with E-state index in [9.17, 15) is 5.11 Å². The van der Waals surface area contributed by atoms with Crippen molar-refractivity contribution in [3.05, 3.63) is 28.2 Å². The Morgan fingerprint density at radius 1 is 1.29 bits per heavy atom. The molecule has 1 unspecified atom stereocenters. The topological polar surface area (TPSA) is 33.9 Å². The normalized spacial score (nSPS) is 19.2. The zero-order valence-corrected chi connectivity index (χ0v) is 14.0. The Hall–Kier alpha value is -0.480. The van der Waals surface area contributed by atoms with Crippen LogP contribution >= 0.6 is 23.2 Å². The number of aliphatic hydroxyl groups is 1. The molecule has 0 aromatic heterocycles. The molecule has 0 saturated heterocycles. The Morgan fingerprint density at radius 3 is 2.67 bits per heavy atom. The molecule has 5 heteroatoms. The summed E-state index contributed by atoms with van der Waals surface area (Å²) in [6.45, 7) is 0.960. The number of nitrogens with one attached hydrogen (secondary N) is 1. The van der Waals surface area contributed by atoms with E-state index in [0.29, 0.717) is 28.4 Å². The molecule has 3 nitrogen and oxygen atoms in total. The van der Waals surface area contributed by atoms with Crippen LogP contribution in [0.5, 0.6) is 5.75 Å². The van der Waals surface area contributed by atoms with Crippen LogP contribution in [0, 0.1) is 0 Å². The minimum atomic E-state index is -0.487. The predicted octanol–water partition coefficient (Wildman–Crippen LogP) is 2.58. The number of benzene rings is 1. The van der Waals surface area contributed by atoms with Crippen LogP contribution in [0.2, 0.25) is 10.0 Å². The summed E-state index contributed by atoms with van der Waals surface area (Å²) >= 11 is 11.9. The smallest absolute Gasteiger partial charge is 0.138 e. The van der Waals surface area contributed by atoms with Crippen molar-refractivity contribution in [2.45, 2.75) is 44.2 Å². The van der Waals surface area contributed by atoms with Gasteiger partial charge in [0.2, 0.25) is 0 Å². The van der Waals surface area contributed by atoms with Gasteiger partial charge in [0, 0.05) is 5.02 Å². The van der Waals surface area contributed by atoms with Gasteiger partial charge < -0.3 is 14.7 Å². The molecule has 0 aliphatic heterocycles. The van der Waals surface area contributed by atoms with Gasteiger partial charge in [-0.05, 0) is 43.9 Å². The zero-order chi connectivity index (χ0) is 15.2. The molecule has 2 N–H and O–H groups in total. The molecule has 2 rings (SSSR count). The third-order valence-electron chi connectivity index (χ3n) is 4.18. The summed E-state index contributed by atoms with van der Waals surface area (Å²) in [6.07, 6.45) is 6.03. The van der Waals surface area contributed by atoms with E-state index in [1.54, 1.807) is 18.2 Å². The Labute approximate surface area is 136 Å². The Kier molecular flexibility index (Phi) is 6.62. The maximum Gasteiger partial charge on any atom is 0.138 e. The van der Waals surface area contributed by atoms with Gasteiger partial charge in [-0.1, -0.05) is 29.6 Å². The SMILES string of the molecule is C[NH+](C[C@H](O)COc1ccc(Cl)cc1Cl)C1CCCCC1. The molecule has 1 saturated carbocycles. The summed E-state index contributed by atoms with van der Waals surface area (Å²) in [5.41, 5.74) is 0. The van der Waals surface area contributed by atoms with E-state index in [4.69, 9.17) is 27.9 Å². The predicted molar refractivity (Wildman–Crippen MR) is 86.6 cm³/mol. The summed E-state index contributed by atoms with van der Waals surface area (Å²) in [7, 11) is 2.16. The van der Waals surface area contributed by atoms with Crippen molar-refractivity contribution in [3.63, 3.8) is 0 Å². The fourth-order valence-electron chi connectivity index (χ4n) is 2.97. The molecule has 0 bridgehead atoms. The molecule has 1 aromatic rings. The van der Waals surface area contributed by atoms with Crippen molar-refractivity contribution in [2.24, 2.45) is 0 Å². The number of halogens is 2. The number of aliphatic hydroxyl groups excluding tert-OH is 1. The van der Waals surface area contributed by atoms with Crippen molar-refractivity contribution in [2.75, 3.05) is 20.2 Å². The molecule has 0 amide bonds. The van der Waals surface area contributed by atoms with Gasteiger partial charge in [0.15, 0.2) is 0 Å². The van der Waals surface area contributed by atoms with Gasteiger partial charge in [-0.25, -0.2) is 0 Å². The van der Waals surface area contributed by atoms with Crippen LogP contribution in [-0.2, 0) is 0 Å². The third kappa shape index (κ3) is 5.33. The molecule has 0 spiro atoms. The monoisotopic (exact) mass is 332 g/mol. The molecule has 118 valence electrons. The van der Waals surface area contributed by atoms with Crippen LogP contribution in [0.1, 0.15) is 32.1 Å². The van der Waals surface area contributed by atoms with Gasteiger partial charge in [-0.3, -0.25) is 0 Å². The van der Waals surface area contributed by atoms with Crippen LogP contribution in [0.15, 0.2) is 18.2 Å². The van der Waals surface area contributed by atoms with E-state index in [1.807, 2.05) is 0 Å². The van der Waals surface area contributed by atoms with E-state index < -0.39 is 6.10 Å².